The summed E-state index contributed by atoms with van der Waals surface area (Å²) in [5, 5.41) is 3.09. The van der Waals surface area contributed by atoms with Gasteiger partial charge < -0.3 is 5.32 Å². The van der Waals surface area contributed by atoms with Crippen molar-refractivity contribution in [1.29, 1.82) is 0 Å². The molecule has 1 N–H and O–H groups in total. The van der Waals surface area contributed by atoms with E-state index in [0.29, 0.717) is 10.1 Å². The lowest BCUT2D eigenvalue weighted by Crippen LogP contribution is -2.42. The molecule has 1 fully saturated rings. The topological polar surface area (TPSA) is 49.4 Å². The molecule has 1 saturated carbocycles. The Bertz CT molecular complexity index is 554. The first-order chi connectivity index (χ1) is 9.96. The number of rotatable bonds is 6. The summed E-state index contributed by atoms with van der Waals surface area (Å²) < 4.78 is 27.7. The van der Waals surface area contributed by atoms with Crippen LogP contribution in [0.25, 0.3) is 0 Å². The van der Waals surface area contributed by atoms with Crippen LogP contribution in [0.15, 0.2) is 16.3 Å². The van der Waals surface area contributed by atoms with E-state index in [4.69, 9.17) is 0 Å². The van der Waals surface area contributed by atoms with Crippen molar-refractivity contribution >= 4 is 21.4 Å². The highest BCUT2D eigenvalue weighted by molar-refractivity contribution is 7.91. The number of nitrogens with zero attached hydrogens (tertiary/aromatic N) is 1. The minimum Gasteiger partial charge on any atom is -0.319 e. The van der Waals surface area contributed by atoms with Crippen molar-refractivity contribution in [3.63, 3.8) is 0 Å². The van der Waals surface area contributed by atoms with Gasteiger partial charge in [-0.3, -0.25) is 0 Å². The molecule has 2 unspecified atom stereocenters. The molecule has 0 bridgehead atoms. The van der Waals surface area contributed by atoms with E-state index < -0.39 is 10.0 Å². The zero-order valence-electron chi connectivity index (χ0n) is 13.1. The normalized spacial score (nSPS) is 23.6. The first-order valence-electron chi connectivity index (χ1n) is 7.68. The van der Waals surface area contributed by atoms with Crippen LogP contribution in [0.3, 0.4) is 0 Å². The smallest absolute Gasteiger partial charge is 0.252 e. The standard InChI is InChI=1S/C15H26N2O2S2/c1-12-6-4-5-7-14(12)17(3)21(18,19)15-9-8-13(20-15)10-11-16-2/h8-9,12,14,16H,4-7,10-11H2,1-3H3. The predicted octanol–water partition coefficient (Wildman–Crippen LogP) is 2.71. The van der Waals surface area contributed by atoms with Crippen LogP contribution in [0.1, 0.15) is 37.5 Å². The van der Waals surface area contributed by atoms with Gasteiger partial charge in [-0.25, -0.2) is 8.42 Å². The molecule has 1 aromatic rings. The molecule has 1 aliphatic rings. The van der Waals surface area contributed by atoms with Gasteiger partial charge in [-0.1, -0.05) is 19.8 Å². The summed E-state index contributed by atoms with van der Waals surface area (Å²) in [6, 6.07) is 3.84. The Morgan fingerprint density at radius 2 is 2.05 bits per heavy atom. The summed E-state index contributed by atoms with van der Waals surface area (Å²) >= 11 is 1.40. The fourth-order valence-corrected chi connectivity index (χ4v) is 6.06. The van der Waals surface area contributed by atoms with E-state index in [0.717, 1.165) is 37.1 Å². The van der Waals surface area contributed by atoms with Crippen LogP contribution in [0.5, 0.6) is 0 Å². The highest BCUT2D eigenvalue weighted by atomic mass is 32.2. The van der Waals surface area contributed by atoms with Gasteiger partial charge in [-0.2, -0.15) is 4.31 Å². The zero-order valence-corrected chi connectivity index (χ0v) is 14.8. The molecular formula is C15H26N2O2S2. The molecule has 0 spiro atoms. The minimum atomic E-state index is -3.34. The summed E-state index contributed by atoms with van der Waals surface area (Å²) in [6.45, 7) is 3.04. The molecule has 6 heteroatoms. The third-order valence-corrected chi connectivity index (χ3v) is 7.92. The second-order valence-electron chi connectivity index (χ2n) is 5.92. The molecule has 4 nitrogen and oxygen atoms in total. The summed E-state index contributed by atoms with van der Waals surface area (Å²) in [5.41, 5.74) is 0. The van der Waals surface area contributed by atoms with Crippen LogP contribution < -0.4 is 5.32 Å². The van der Waals surface area contributed by atoms with Gasteiger partial charge in [0.2, 0.25) is 0 Å². The van der Waals surface area contributed by atoms with E-state index >= 15 is 0 Å². The number of hydrogen-bond acceptors (Lipinski definition) is 4. The molecular weight excluding hydrogens is 304 g/mol. The first-order valence-corrected chi connectivity index (χ1v) is 9.94. The molecule has 1 heterocycles. The van der Waals surface area contributed by atoms with Gasteiger partial charge in [0.25, 0.3) is 10.0 Å². The van der Waals surface area contributed by atoms with E-state index in [2.05, 4.69) is 12.2 Å². The molecule has 120 valence electrons. The number of likely N-dealkylation sites (N-methyl/N-ethyl adjacent to an activating group) is 1. The van der Waals surface area contributed by atoms with Crippen molar-refractivity contribution in [3.05, 3.63) is 17.0 Å². The summed E-state index contributed by atoms with van der Waals surface area (Å²) in [7, 11) is 0.307. The Hall–Kier alpha value is -0.430. The molecule has 2 rings (SSSR count). The Morgan fingerprint density at radius 1 is 1.33 bits per heavy atom. The Labute approximate surface area is 132 Å². The van der Waals surface area contributed by atoms with Gasteiger partial charge >= 0.3 is 0 Å². The maximum atomic E-state index is 12.8. The molecule has 21 heavy (non-hydrogen) atoms. The lowest BCUT2D eigenvalue weighted by molar-refractivity contribution is 0.213. The Balaban J connectivity index is 2.14. The lowest BCUT2D eigenvalue weighted by Gasteiger charge is -2.35. The maximum absolute atomic E-state index is 12.8. The van der Waals surface area contributed by atoms with Gasteiger partial charge in [0, 0.05) is 18.0 Å². The van der Waals surface area contributed by atoms with Crippen LogP contribution in [0, 0.1) is 5.92 Å². The van der Waals surface area contributed by atoms with Gasteiger partial charge in [-0.15, -0.1) is 11.3 Å². The molecule has 1 aromatic heterocycles. The third kappa shape index (κ3) is 3.86. The minimum absolute atomic E-state index is 0.145. The average Bonchev–Trinajstić information content (AvgIpc) is 2.94. The highest BCUT2D eigenvalue weighted by Gasteiger charge is 2.33. The number of nitrogens with one attached hydrogen (secondary N) is 1. The van der Waals surface area contributed by atoms with Crippen molar-refractivity contribution < 1.29 is 8.42 Å². The number of sulfonamides is 1. The van der Waals surface area contributed by atoms with Crippen LogP contribution in [0.4, 0.5) is 0 Å². The van der Waals surface area contributed by atoms with Crippen molar-refractivity contribution in [3.8, 4) is 0 Å². The summed E-state index contributed by atoms with van der Waals surface area (Å²) in [4.78, 5) is 1.12. The van der Waals surface area contributed by atoms with Gasteiger partial charge in [0.1, 0.15) is 4.21 Å². The zero-order chi connectivity index (χ0) is 15.5. The monoisotopic (exact) mass is 330 g/mol. The van der Waals surface area contributed by atoms with Gasteiger partial charge in [0.05, 0.1) is 0 Å². The SMILES string of the molecule is CNCCc1ccc(S(=O)(=O)N(C)C2CCCCC2C)s1. The first kappa shape index (κ1) is 16.9. The summed E-state index contributed by atoms with van der Waals surface area (Å²) in [5.74, 6) is 0.447. The average molecular weight is 331 g/mol. The molecule has 0 amide bonds. The van der Waals surface area contributed by atoms with E-state index in [1.54, 1.807) is 17.4 Å². The van der Waals surface area contributed by atoms with Crippen molar-refractivity contribution in [2.24, 2.45) is 5.92 Å². The quantitative estimate of drug-likeness (QED) is 0.872. The molecule has 0 aliphatic heterocycles. The van der Waals surface area contributed by atoms with E-state index in [-0.39, 0.29) is 6.04 Å². The van der Waals surface area contributed by atoms with E-state index in [9.17, 15) is 8.42 Å². The summed E-state index contributed by atoms with van der Waals surface area (Å²) in [6.07, 6.45) is 5.34. The number of thiophene rings is 1. The molecule has 1 aliphatic carbocycles. The fourth-order valence-electron chi connectivity index (χ4n) is 3.04. The number of hydrogen-bond donors (Lipinski definition) is 1. The van der Waals surface area contributed by atoms with E-state index in [1.165, 1.54) is 17.8 Å². The molecule has 2 atom stereocenters. The van der Waals surface area contributed by atoms with Gasteiger partial charge in [0.15, 0.2) is 0 Å². The molecule has 0 aromatic carbocycles. The lowest BCUT2D eigenvalue weighted by atomic mass is 9.86. The van der Waals surface area contributed by atoms with Crippen LogP contribution in [-0.4, -0.2) is 39.4 Å². The predicted molar refractivity (Wildman–Crippen MR) is 88.3 cm³/mol. The maximum Gasteiger partial charge on any atom is 0.252 e. The fraction of sp³-hybridized carbons (Fsp3) is 0.733. The van der Waals surface area contributed by atoms with Gasteiger partial charge in [-0.05, 0) is 50.9 Å². The van der Waals surface area contributed by atoms with Crippen molar-refractivity contribution in [2.75, 3.05) is 20.6 Å². The largest absolute Gasteiger partial charge is 0.319 e. The van der Waals surface area contributed by atoms with E-state index in [1.807, 2.05) is 13.1 Å². The highest BCUT2D eigenvalue weighted by Crippen LogP contribution is 2.32. The Morgan fingerprint density at radius 3 is 2.71 bits per heavy atom. The van der Waals surface area contributed by atoms with Crippen molar-refractivity contribution in [2.45, 2.75) is 49.3 Å². The second-order valence-corrected chi connectivity index (χ2v) is 9.32. The molecule has 0 saturated heterocycles. The Kier molecular flexibility index (Phi) is 5.82. The van der Waals surface area contributed by atoms with Crippen molar-refractivity contribution in [1.82, 2.24) is 9.62 Å². The second kappa shape index (κ2) is 7.22. The van der Waals surface area contributed by atoms with Crippen LogP contribution >= 0.6 is 11.3 Å². The van der Waals surface area contributed by atoms with Crippen LogP contribution in [0.2, 0.25) is 0 Å². The van der Waals surface area contributed by atoms with Crippen LogP contribution in [-0.2, 0) is 16.4 Å². The molecule has 0 radical (unpaired) electrons. The third-order valence-electron chi connectivity index (χ3n) is 4.43.